The Morgan fingerprint density at radius 1 is 1.67 bits per heavy atom. The van der Waals surface area contributed by atoms with Gasteiger partial charge in [-0.2, -0.15) is 0 Å². The molecule has 0 aliphatic heterocycles. The van der Waals surface area contributed by atoms with Crippen molar-refractivity contribution in [3.63, 3.8) is 0 Å². The van der Waals surface area contributed by atoms with E-state index < -0.39 is 0 Å². The molecule has 78 valence electrons. The van der Waals surface area contributed by atoms with E-state index in [-0.39, 0.29) is 12.4 Å². The monoisotopic (exact) mass is 286 g/mol. The lowest BCUT2D eigenvalue weighted by atomic mass is 10.4. The van der Waals surface area contributed by atoms with E-state index in [0.29, 0.717) is 5.65 Å². The highest BCUT2D eigenvalue weighted by Gasteiger charge is 2.09. The lowest BCUT2D eigenvalue weighted by Crippen LogP contribution is -2.03. The van der Waals surface area contributed by atoms with Crippen molar-refractivity contribution >= 4 is 43.6 Å². The molecule has 0 radical (unpaired) electrons. The molecule has 0 aliphatic rings. The van der Waals surface area contributed by atoms with E-state index >= 15 is 0 Å². The summed E-state index contributed by atoms with van der Waals surface area (Å²) in [7, 11) is 1.37. The number of carbonyl (C=O) groups excluding carboxylic acids is 1. The Balaban J connectivity index is 2.34. The Kier molecular flexibility index (Phi) is 2.97. The van der Waals surface area contributed by atoms with E-state index in [4.69, 9.17) is 0 Å². The number of methoxy groups -OCH3 is 1. The molecule has 2 aromatic heterocycles. The summed E-state index contributed by atoms with van der Waals surface area (Å²) in [5, 5.41) is 0.724. The average Bonchev–Trinajstić information content (AvgIpc) is 2.59. The molecule has 0 amide bonds. The predicted molar refractivity (Wildman–Crippen MR) is 60.8 cm³/mol. The summed E-state index contributed by atoms with van der Waals surface area (Å²) in [6.07, 6.45) is 1.89. The maximum atomic E-state index is 11.0. The van der Waals surface area contributed by atoms with Crippen LogP contribution in [0.25, 0.3) is 10.3 Å². The van der Waals surface area contributed by atoms with E-state index in [1.165, 1.54) is 18.4 Å². The van der Waals surface area contributed by atoms with E-state index in [2.05, 4.69) is 30.6 Å². The van der Waals surface area contributed by atoms with Gasteiger partial charge in [-0.3, -0.25) is 4.79 Å². The van der Waals surface area contributed by atoms with Gasteiger partial charge in [-0.15, -0.1) is 11.3 Å². The van der Waals surface area contributed by atoms with Crippen molar-refractivity contribution in [2.75, 3.05) is 7.11 Å². The maximum absolute atomic E-state index is 11.0. The van der Waals surface area contributed by atoms with Crippen LogP contribution >= 0.6 is 27.3 Å². The summed E-state index contributed by atoms with van der Waals surface area (Å²) in [6, 6.07) is 1.93. The predicted octanol–water partition coefficient (Wildman–Crippen LogP) is 2.17. The fraction of sp³-hybridized carbons (Fsp3) is 0.222. The zero-order valence-corrected chi connectivity index (χ0v) is 10.3. The van der Waals surface area contributed by atoms with Gasteiger partial charge in [0.15, 0.2) is 5.65 Å². The van der Waals surface area contributed by atoms with Gasteiger partial charge in [0.1, 0.15) is 5.01 Å². The van der Waals surface area contributed by atoms with Gasteiger partial charge in [-0.25, -0.2) is 9.97 Å². The maximum Gasteiger partial charge on any atom is 0.312 e. The van der Waals surface area contributed by atoms with Crippen LogP contribution in [-0.4, -0.2) is 23.0 Å². The lowest BCUT2D eigenvalue weighted by Gasteiger charge is -1.92. The average molecular weight is 287 g/mol. The summed E-state index contributed by atoms with van der Waals surface area (Å²) in [4.78, 5) is 19.4. The van der Waals surface area contributed by atoms with E-state index in [9.17, 15) is 4.79 Å². The molecule has 4 nitrogen and oxygen atoms in total. The Labute approximate surface area is 98.4 Å². The highest BCUT2D eigenvalue weighted by atomic mass is 79.9. The molecule has 0 saturated heterocycles. The molecule has 0 atom stereocenters. The second kappa shape index (κ2) is 4.24. The van der Waals surface area contributed by atoms with Crippen LogP contribution in [-0.2, 0) is 16.0 Å². The highest BCUT2D eigenvalue weighted by Crippen LogP contribution is 2.23. The number of thiazole rings is 1. The van der Waals surface area contributed by atoms with Crippen LogP contribution in [0.3, 0.4) is 0 Å². The number of pyridine rings is 1. The number of esters is 1. The normalized spacial score (nSPS) is 10.5. The minimum absolute atomic E-state index is 0.204. The van der Waals surface area contributed by atoms with Crippen LogP contribution in [0.2, 0.25) is 0 Å². The van der Waals surface area contributed by atoms with Crippen LogP contribution in [0, 0.1) is 0 Å². The lowest BCUT2D eigenvalue weighted by molar-refractivity contribution is -0.139. The fourth-order valence-electron chi connectivity index (χ4n) is 1.11. The van der Waals surface area contributed by atoms with Gasteiger partial charge in [-0.05, 0) is 22.0 Å². The first-order chi connectivity index (χ1) is 7.19. The largest absolute Gasteiger partial charge is 0.469 e. The van der Waals surface area contributed by atoms with E-state index in [1.54, 1.807) is 6.20 Å². The molecular formula is C9H7BrN2O2S. The van der Waals surface area contributed by atoms with Gasteiger partial charge in [0.2, 0.25) is 0 Å². The Morgan fingerprint density at radius 2 is 2.47 bits per heavy atom. The first kappa shape index (κ1) is 10.5. The number of halogens is 1. The van der Waals surface area contributed by atoms with Crippen LogP contribution in [0.1, 0.15) is 5.01 Å². The molecule has 0 aliphatic carbocycles. The summed E-state index contributed by atoms with van der Waals surface area (Å²) in [5.41, 5.74) is 0.669. The SMILES string of the molecule is COC(=O)Cc1nc2ncc(Br)cc2s1. The molecule has 0 unspecified atom stereocenters. The number of nitrogens with zero attached hydrogens (tertiary/aromatic N) is 2. The third-order valence-electron chi connectivity index (χ3n) is 1.78. The topological polar surface area (TPSA) is 52.1 Å². The van der Waals surface area contributed by atoms with E-state index in [1.807, 2.05) is 6.07 Å². The second-order valence-corrected chi connectivity index (χ2v) is 4.87. The van der Waals surface area contributed by atoms with E-state index in [0.717, 1.165) is 14.2 Å². The molecule has 15 heavy (non-hydrogen) atoms. The van der Waals surface area contributed by atoms with Gasteiger partial charge in [-0.1, -0.05) is 0 Å². The number of hydrogen-bond donors (Lipinski definition) is 0. The van der Waals surface area contributed by atoms with Crippen LogP contribution < -0.4 is 0 Å². The van der Waals surface area contributed by atoms with Gasteiger partial charge in [0.05, 0.1) is 18.2 Å². The molecule has 2 heterocycles. The number of rotatable bonds is 2. The van der Waals surface area contributed by atoms with Crippen LogP contribution in [0.4, 0.5) is 0 Å². The van der Waals surface area contributed by atoms with Crippen molar-refractivity contribution in [2.45, 2.75) is 6.42 Å². The number of ether oxygens (including phenoxy) is 1. The molecule has 0 fully saturated rings. The van der Waals surface area contributed by atoms with Crippen molar-refractivity contribution in [1.82, 2.24) is 9.97 Å². The van der Waals surface area contributed by atoms with Gasteiger partial charge >= 0.3 is 5.97 Å². The molecular weight excluding hydrogens is 280 g/mol. The standard InChI is InChI=1S/C9H7BrN2O2S/c1-14-8(13)3-7-12-9-6(15-7)2-5(10)4-11-9/h2,4H,3H2,1H3. The zero-order valence-electron chi connectivity index (χ0n) is 7.86. The van der Waals surface area contributed by atoms with Gasteiger partial charge in [0, 0.05) is 10.7 Å². The molecule has 0 spiro atoms. The Hall–Kier alpha value is -1.01. The third kappa shape index (κ3) is 2.32. The van der Waals surface area contributed by atoms with Crippen molar-refractivity contribution in [1.29, 1.82) is 0 Å². The number of aromatic nitrogens is 2. The molecule has 2 rings (SSSR count). The summed E-state index contributed by atoms with van der Waals surface area (Å²) in [5.74, 6) is -0.284. The molecule has 0 aromatic carbocycles. The number of carbonyl (C=O) groups is 1. The second-order valence-electron chi connectivity index (χ2n) is 2.84. The molecule has 0 N–H and O–H groups in total. The molecule has 0 bridgehead atoms. The molecule has 6 heteroatoms. The van der Waals surface area contributed by atoms with Crippen molar-refractivity contribution in [2.24, 2.45) is 0 Å². The smallest absolute Gasteiger partial charge is 0.312 e. The van der Waals surface area contributed by atoms with Crippen LogP contribution in [0.5, 0.6) is 0 Å². The minimum Gasteiger partial charge on any atom is -0.469 e. The van der Waals surface area contributed by atoms with Crippen LogP contribution in [0.15, 0.2) is 16.7 Å². The van der Waals surface area contributed by atoms with Crippen molar-refractivity contribution < 1.29 is 9.53 Å². The molecule has 0 saturated carbocycles. The molecule has 2 aromatic rings. The highest BCUT2D eigenvalue weighted by molar-refractivity contribution is 9.10. The van der Waals surface area contributed by atoms with Crippen molar-refractivity contribution in [3.05, 3.63) is 21.7 Å². The van der Waals surface area contributed by atoms with Gasteiger partial charge < -0.3 is 4.74 Å². The number of hydrogen-bond acceptors (Lipinski definition) is 5. The minimum atomic E-state index is -0.284. The quantitative estimate of drug-likeness (QED) is 0.794. The first-order valence-corrected chi connectivity index (χ1v) is 5.78. The van der Waals surface area contributed by atoms with Gasteiger partial charge in [0.25, 0.3) is 0 Å². The Morgan fingerprint density at radius 3 is 3.20 bits per heavy atom. The zero-order chi connectivity index (χ0) is 10.8. The Bertz CT molecular complexity index is 512. The number of fused-ring (bicyclic) bond motifs is 1. The first-order valence-electron chi connectivity index (χ1n) is 4.17. The third-order valence-corrected chi connectivity index (χ3v) is 3.21. The fourth-order valence-corrected chi connectivity index (χ4v) is 2.55. The summed E-state index contributed by atoms with van der Waals surface area (Å²) in [6.45, 7) is 0. The summed E-state index contributed by atoms with van der Waals surface area (Å²) < 4.78 is 6.44. The summed E-state index contributed by atoms with van der Waals surface area (Å²) >= 11 is 4.78. The van der Waals surface area contributed by atoms with Crippen molar-refractivity contribution in [3.8, 4) is 0 Å².